The second kappa shape index (κ2) is 5.37. The first-order valence-corrected chi connectivity index (χ1v) is 6.51. The topological polar surface area (TPSA) is 57.5 Å². The van der Waals surface area contributed by atoms with E-state index in [0.29, 0.717) is 5.56 Å². The summed E-state index contributed by atoms with van der Waals surface area (Å²) in [5.41, 5.74) is 3.84. The second-order valence-electron chi connectivity index (χ2n) is 5.08. The molecule has 0 bridgehead atoms. The molecule has 0 fully saturated rings. The lowest BCUT2D eigenvalue weighted by Gasteiger charge is -2.21. The Morgan fingerprint density at radius 1 is 0.900 bits per heavy atom. The molecule has 0 amide bonds. The molecule has 0 saturated carbocycles. The fourth-order valence-electron chi connectivity index (χ4n) is 2.71. The fraction of sp³-hybridized carbons (Fsp3) is 0.235. The summed E-state index contributed by atoms with van der Waals surface area (Å²) in [7, 11) is 0. The maximum Gasteiger partial charge on any atom is 0.315 e. The molecular weight excluding hydrogens is 252 g/mol. The smallest absolute Gasteiger partial charge is 0.315 e. The Balaban J connectivity index is 2.73. The van der Waals surface area contributed by atoms with Crippen molar-refractivity contribution in [1.82, 2.24) is 0 Å². The van der Waals surface area contributed by atoms with Crippen molar-refractivity contribution in [3.05, 3.63) is 64.2 Å². The molecule has 0 aliphatic rings. The lowest BCUT2D eigenvalue weighted by molar-refractivity contribution is -0.137. The van der Waals surface area contributed by atoms with Crippen molar-refractivity contribution in [2.75, 3.05) is 0 Å². The van der Waals surface area contributed by atoms with Crippen LogP contribution in [-0.4, -0.2) is 16.2 Å². The first-order chi connectivity index (χ1) is 9.43. The average molecular weight is 270 g/mol. The summed E-state index contributed by atoms with van der Waals surface area (Å²) < 4.78 is 0. The van der Waals surface area contributed by atoms with Gasteiger partial charge in [-0.2, -0.15) is 0 Å². The third-order valence-corrected chi connectivity index (χ3v) is 3.67. The minimum Gasteiger partial charge on any atom is -0.508 e. The Morgan fingerprint density at radius 2 is 1.35 bits per heavy atom. The summed E-state index contributed by atoms with van der Waals surface area (Å²) in [6.45, 7) is 5.61. The molecule has 0 aromatic heterocycles. The van der Waals surface area contributed by atoms with Crippen LogP contribution in [0.4, 0.5) is 0 Å². The van der Waals surface area contributed by atoms with E-state index >= 15 is 0 Å². The molecule has 1 unspecified atom stereocenters. The van der Waals surface area contributed by atoms with Gasteiger partial charge < -0.3 is 10.2 Å². The number of hydrogen-bond donors (Lipinski definition) is 2. The number of carboxylic acid groups (broad SMARTS) is 1. The highest BCUT2D eigenvalue weighted by molar-refractivity contribution is 5.83. The highest BCUT2D eigenvalue weighted by Crippen LogP contribution is 2.36. The van der Waals surface area contributed by atoms with Gasteiger partial charge in [-0.3, -0.25) is 4.79 Å². The minimum atomic E-state index is -0.952. The van der Waals surface area contributed by atoms with Crippen LogP contribution in [-0.2, 0) is 4.79 Å². The lowest BCUT2D eigenvalue weighted by atomic mass is 9.83. The number of aryl methyl sites for hydroxylation is 3. The quantitative estimate of drug-likeness (QED) is 0.897. The largest absolute Gasteiger partial charge is 0.508 e. The highest BCUT2D eigenvalue weighted by atomic mass is 16.4. The summed E-state index contributed by atoms with van der Waals surface area (Å²) >= 11 is 0. The zero-order valence-electron chi connectivity index (χ0n) is 11.8. The molecule has 2 aromatic rings. The van der Waals surface area contributed by atoms with Crippen molar-refractivity contribution in [2.45, 2.75) is 26.7 Å². The molecule has 20 heavy (non-hydrogen) atoms. The van der Waals surface area contributed by atoms with E-state index in [2.05, 4.69) is 0 Å². The van der Waals surface area contributed by atoms with Crippen LogP contribution in [0.1, 0.15) is 33.7 Å². The first-order valence-electron chi connectivity index (χ1n) is 6.51. The van der Waals surface area contributed by atoms with Crippen molar-refractivity contribution in [3.8, 4) is 5.75 Å². The summed E-state index contributed by atoms with van der Waals surface area (Å²) in [6, 6.07) is 10.8. The number of benzene rings is 2. The fourth-order valence-corrected chi connectivity index (χ4v) is 2.71. The first kappa shape index (κ1) is 14.1. The molecular formula is C17H18O3. The van der Waals surface area contributed by atoms with Gasteiger partial charge in [0.1, 0.15) is 11.7 Å². The Labute approximate surface area is 118 Å². The molecule has 0 spiro atoms. The molecule has 0 saturated heterocycles. The lowest BCUT2D eigenvalue weighted by Crippen LogP contribution is -2.17. The van der Waals surface area contributed by atoms with Crippen LogP contribution in [0.15, 0.2) is 36.4 Å². The van der Waals surface area contributed by atoms with E-state index in [1.807, 2.05) is 45.0 Å². The third kappa shape index (κ3) is 2.39. The van der Waals surface area contributed by atoms with Gasteiger partial charge in [0.2, 0.25) is 0 Å². The summed E-state index contributed by atoms with van der Waals surface area (Å²) in [4.78, 5) is 11.8. The van der Waals surface area contributed by atoms with Crippen LogP contribution in [0.3, 0.4) is 0 Å². The third-order valence-electron chi connectivity index (χ3n) is 3.67. The van der Waals surface area contributed by atoms with Crippen molar-refractivity contribution in [2.24, 2.45) is 0 Å². The van der Waals surface area contributed by atoms with Crippen LogP contribution < -0.4 is 0 Å². The van der Waals surface area contributed by atoms with Crippen LogP contribution in [0.25, 0.3) is 0 Å². The number of phenols is 1. The zero-order chi connectivity index (χ0) is 14.9. The van der Waals surface area contributed by atoms with E-state index in [-0.39, 0.29) is 5.75 Å². The molecule has 3 heteroatoms. The van der Waals surface area contributed by atoms with E-state index in [1.165, 1.54) is 6.07 Å². The maximum absolute atomic E-state index is 11.8. The molecule has 3 nitrogen and oxygen atoms in total. The average Bonchev–Trinajstić information content (AvgIpc) is 2.35. The van der Waals surface area contributed by atoms with Crippen LogP contribution in [0, 0.1) is 20.8 Å². The highest BCUT2D eigenvalue weighted by Gasteiger charge is 2.29. The second-order valence-corrected chi connectivity index (χ2v) is 5.08. The van der Waals surface area contributed by atoms with Gasteiger partial charge in [0.25, 0.3) is 0 Å². The summed E-state index contributed by atoms with van der Waals surface area (Å²) in [5.74, 6) is -1.77. The SMILES string of the molecule is Cc1cccc(C)c1C(C(=O)O)c1c(C)cccc1O. The number of hydrogen-bond acceptors (Lipinski definition) is 2. The Morgan fingerprint density at radius 3 is 1.80 bits per heavy atom. The van der Waals surface area contributed by atoms with Crippen molar-refractivity contribution >= 4 is 5.97 Å². The summed E-state index contributed by atoms with van der Waals surface area (Å²) in [6.07, 6.45) is 0. The van der Waals surface area contributed by atoms with Crippen LogP contribution >= 0.6 is 0 Å². The standard InChI is InChI=1S/C17H18O3/c1-10-6-4-7-11(2)14(10)16(17(19)20)15-12(3)8-5-9-13(15)18/h4-9,16,18H,1-3H3,(H,19,20). The predicted molar refractivity (Wildman–Crippen MR) is 78.2 cm³/mol. The number of aromatic hydroxyl groups is 1. The molecule has 104 valence electrons. The molecule has 2 aromatic carbocycles. The number of rotatable bonds is 3. The molecule has 0 aliphatic carbocycles. The zero-order valence-corrected chi connectivity index (χ0v) is 11.8. The Hall–Kier alpha value is -2.29. The van der Waals surface area contributed by atoms with Gasteiger partial charge in [-0.25, -0.2) is 0 Å². The van der Waals surface area contributed by atoms with Gasteiger partial charge in [-0.1, -0.05) is 30.3 Å². The van der Waals surface area contributed by atoms with Gasteiger partial charge in [-0.05, 0) is 49.1 Å². The molecule has 0 radical (unpaired) electrons. The normalized spacial score (nSPS) is 12.2. The molecule has 0 heterocycles. The molecule has 2 rings (SSSR count). The minimum absolute atomic E-state index is 0.0278. The van der Waals surface area contributed by atoms with Crippen LogP contribution in [0.2, 0.25) is 0 Å². The van der Waals surface area contributed by atoms with E-state index < -0.39 is 11.9 Å². The van der Waals surface area contributed by atoms with Gasteiger partial charge in [0.05, 0.1) is 0 Å². The van der Waals surface area contributed by atoms with E-state index in [9.17, 15) is 15.0 Å². The molecule has 2 N–H and O–H groups in total. The molecule has 0 aliphatic heterocycles. The van der Waals surface area contributed by atoms with E-state index in [0.717, 1.165) is 22.3 Å². The van der Waals surface area contributed by atoms with E-state index in [1.54, 1.807) is 6.07 Å². The van der Waals surface area contributed by atoms with Gasteiger partial charge in [0.15, 0.2) is 0 Å². The van der Waals surface area contributed by atoms with Crippen molar-refractivity contribution < 1.29 is 15.0 Å². The van der Waals surface area contributed by atoms with Gasteiger partial charge in [-0.15, -0.1) is 0 Å². The summed E-state index contributed by atoms with van der Waals surface area (Å²) in [5, 5.41) is 19.8. The van der Waals surface area contributed by atoms with Crippen LogP contribution in [0.5, 0.6) is 5.75 Å². The van der Waals surface area contributed by atoms with Gasteiger partial charge in [0, 0.05) is 5.56 Å². The molecule has 1 atom stereocenters. The van der Waals surface area contributed by atoms with Gasteiger partial charge >= 0.3 is 5.97 Å². The Bertz CT molecular complexity index is 567. The number of carbonyl (C=O) groups is 1. The number of carboxylic acids is 1. The number of phenolic OH excluding ortho intramolecular Hbond substituents is 1. The predicted octanol–water partition coefficient (Wildman–Crippen LogP) is 3.53. The van der Waals surface area contributed by atoms with Crippen molar-refractivity contribution in [1.29, 1.82) is 0 Å². The number of aliphatic carboxylic acids is 1. The monoisotopic (exact) mass is 270 g/mol. The Kier molecular flexibility index (Phi) is 3.79. The maximum atomic E-state index is 11.8. The van der Waals surface area contributed by atoms with Crippen molar-refractivity contribution in [3.63, 3.8) is 0 Å². The van der Waals surface area contributed by atoms with E-state index in [4.69, 9.17) is 0 Å².